The first-order valence-electron chi connectivity index (χ1n) is 9.80. The lowest BCUT2D eigenvalue weighted by atomic mass is 9.78. The van der Waals surface area contributed by atoms with Crippen molar-refractivity contribution < 1.29 is 17.9 Å². The summed E-state index contributed by atoms with van der Waals surface area (Å²) in [6.45, 7) is 7.73. The number of benzene rings is 1. The molecule has 7 heteroatoms. The van der Waals surface area contributed by atoms with Gasteiger partial charge < -0.3 is 10.1 Å². The Morgan fingerprint density at radius 2 is 1.89 bits per heavy atom. The Bertz CT molecular complexity index is 787. The summed E-state index contributed by atoms with van der Waals surface area (Å²) < 4.78 is 32.5. The highest BCUT2D eigenvalue weighted by molar-refractivity contribution is 7.89. The molecule has 1 aromatic rings. The number of amides is 1. The van der Waals surface area contributed by atoms with Crippen LogP contribution in [0.2, 0.25) is 0 Å². The van der Waals surface area contributed by atoms with Crippen LogP contribution in [0.15, 0.2) is 23.1 Å². The summed E-state index contributed by atoms with van der Waals surface area (Å²) in [6.07, 6.45) is 3.28. The van der Waals surface area contributed by atoms with Crippen molar-refractivity contribution in [1.82, 2.24) is 9.62 Å². The number of rotatable bonds is 4. The normalized spacial score (nSPS) is 27.3. The molecule has 0 spiro atoms. The smallest absolute Gasteiger partial charge is 0.251 e. The second-order valence-electron chi connectivity index (χ2n) is 7.84. The number of nitrogens with one attached hydrogen (secondary N) is 1. The van der Waals surface area contributed by atoms with Crippen molar-refractivity contribution in [2.75, 3.05) is 26.3 Å². The third-order valence-corrected chi connectivity index (χ3v) is 7.98. The molecule has 1 aliphatic carbocycles. The van der Waals surface area contributed by atoms with E-state index in [1.807, 2.05) is 6.92 Å². The minimum absolute atomic E-state index is 0.139. The minimum atomic E-state index is -3.61. The van der Waals surface area contributed by atoms with Gasteiger partial charge in [-0.2, -0.15) is 4.31 Å². The average molecular weight is 395 g/mol. The molecule has 27 heavy (non-hydrogen) atoms. The molecule has 0 unspecified atom stereocenters. The minimum Gasteiger partial charge on any atom is -0.379 e. The van der Waals surface area contributed by atoms with Gasteiger partial charge in [0, 0.05) is 24.7 Å². The Labute approximate surface area is 162 Å². The van der Waals surface area contributed by atoms with Crippen LogP contribution in [0.3, 0.4) is 0 Å². The van der Waals surface area contributed by atoms with Crippen molar-refractivity contribution in [1.29, 1.82) is 0 Å². The van der Waals surface area contributed by atoms with Gasteiger partial charge in [0.2, 0.25) is 10.0 Å². The van der Waals surface area contributed by atoms with E-state index in [9.17, 15) is 13.2 Å². The average Bonchev–Trinajstić information content (AvgIpc) is 2.66. The first-order chi connectivity index (χ1) is 12.8. The number of sulfonamides is 1. The number of carbonyl (C=O) groups is 1. The SMILES string of the molecule is Cc1ccc(S(=O)(=O)N2CCOCC2)cc1C(=O)N[C@@H]1CCC[C@@H](C)[C@@H]1C. The molecule has 0 radical (unpaired) electrons. The summed E-state index contributed by atoms with van der Waals surface area (Å²) >= 11 is 0. The molecule has 1 saturated carbocycles. The maximum atomic E-state index is 12.9. The van der Waals surface area contributed by atoms with Crippen molar-refractivity contribution in [3.05, 3.63) is 29.3 Å². The molecule has 3 rings (SSSR count). The van der Waals surface area contributed by atoms with Gasteiger partial charge in [0.1, 0.15) is 0 Å². The van der Waals surface area contributed by atoms with Crippen molar-refractivity contribution >= 4 is 15.9 Å². The monoisotopic (exact) mass is 394 g/mol. The van der Waals surface area contributed by atoms with Crippen LogP contribution in [0.4, 0.5) is 0 Å². The lowest BCUT2D eigenvalue weighted by molar-refractivity contribution is 0.0730. The number of nitrogens with zero attached hydrogens (tertiary/aromatic N) is 1. The summed E-state index contributed by atoms with van der Waals surface area (Å²) in [4.78, 5) is 13.1. The second-order valence-corrected chi connectivity index (χ2v) is 9.78. The third-order valence-electron chi connectivity index (χ3n) is 6.08. The van der Waals surface area contributed by atoms with E-state index < -0.39 is 10.0 Å². The first kappa shape index (κ1) is 20.3. The van der Waals surface area contributed by atoms with Gasteiger partial charge >= 0.3 is 0 Å². The fourth-order valence-electron chi connectivity index (χ4n) is 3.97. The van der Waals surface area contributed by atoms with Gasteiger partial charge in [-0.25, -0.2) is 8.42 Å². The molecule has 2 aliphatic rings. The van der Waals surface area contributed by atoms with Crippen molar-refractivity contribution in [3.63, 3.8) is 0 Å². The molecule has 1 N–H and O–H groups in total. The number of hydrogen-bond acceptors (Lipinski definition) is 4. The lowest BCUT2D eigenvalue weighted by Gasteiger charge is -2.34. The van der Waals surface area contributed by atoms with Gasteiger partial charge in [-0.3, -0.25) is 4.79 Å². The number of ether oxygens (including phenoxy) is 1. The van der Waals surface area contributed by atoms with Gasteiger partial charge in [0.05, 0.1) is 18.1 Å². The van der Waals surface area contributed by atoms with E-state index in [2.05, 4.69) is 19.2 Å². The topological polar surface area (TPSA) is 75.7 Å². The van der Waals surface area contributed by atoms with Gasteiger partial charge in [-0.15, -0.1) is 0 Å². The van der Waals surface area contributed by atoms with Gasteiger partial charge in [-0.05, 0) is 42.9 Å². The number of hydrogen-bond donors (Lipinski definition) is 1. The van der Waals surface area contributed by atoms with E-state index >= 15 is 0 Å². The maximum Gasteiger partial charge on any atom is 0.251 e. The maximum absolute atomic E-state index is 12.9. The molecular weight excluding hydrogens is 364 g/mol. The quantitative estimate of drug-likeness (QED) is 0.852. The molecule has 150 valence electrons. The predicted octanol–water partition coefficient (Wildman–Crippen LogP) is 2.57. The number of morpholine rings is 1. The van der Waals surface area contributed by atoms with Crippen molar-refractivity contribution in [3.8, 4) is 0 Å². The molecule has 1 aliphatic heterocycles. The molecule has 6 nitrogen and oxygen atoms in total. The summed E-state index contributed by atoms with van der Waals surface area (Å²) in [6, 6.07) is 4.96. The highest BCUT2D eigenvalue weighted by Crippen LogP contribution is 2.30. The summed E-state index contributed by atoms with van der Waals surface area (Å²) in [5.41, 5.74) is 1.22. The van der Waals surface area contributed by atoms with Crippen LogP contribution in [-0.4, -0.2) is 51.0 Å². The fraction of sp³-hybridized carbons (Fsp3) is 0.650. The standard InChI is InChI=1S/C20H30N2O4S/c1-14-5-4-6-19(16(14)3)21-20(23)18-13-17(8-7-15(18)2)27(24,25)22-9-11-26-12-10-22/h7-8,13-14,16,19H,4-6,9-12H2,1-3H3,(H,21,23)/t14-,16+,19-/m1/s1. The van der Waals surface area contributed by atoms with Gasteiger partial charge in [-0.1, -0.05) is 32.8 Å². The van der Waals surface area contributed by atoms with Crippen LogP contribution >= 0.6 is 0 Å². The highest BCUT2D eigenvalue weighted by atomic mass is 32.2. The Morgan fingerprint density at radius 1 is 1.19 bits per heavy atom. The Balaban J connectivity index is 1.81. The van der Waals surface area contributed by atoms with Crippen molar-refractivity contribution in [2.45, 2.75) is 51.0 Å². The zero-order valence-electron chi connectivity index (χ0n) is 16.4. The number of aryl methyl sites for hydroxylation is 1. The summed E-state index contributed by atoms with van der Waals surface area (Å²) in [5.74, 6) is 0.818. The second kappa shape index (κ2) is 8.29. The van der Waals surface area contributed by atoms with Gasteiger partial charge in [0.15, 0.2) is 0 Å². The summed E-state index contributed by atoms with van der Waals surface area (Å²) in [5, 5.41) is 3.15. The lowest BCUT2D eigenvalue weighted by Crippen LogP contribution is -2.44. The Hall–Kier alpha value is -1.44. The molecular formula is C20H30N2O4S. The van der Waals surface area contributed by atoms with E-state index in [1.54, 1.807) is 12.1 Å². The molecule has 1 aromatic carbocycles. The van der Waals surface area contributed by atoms with Crippen LogP contribution < -0.4 is 5.32 Å². The van der Waals surface area contributed by atoms with E-state index in [1.165, 1.54) is 16.8 Å². The van der Waals surface area contributed by atoms with Gasteiger partial charge in [0.25, 0.3) is 5.91 Å². The third kappa shape index (κ3) is 4.36. The number of carbonyl (C=O) groups excluding carboxylic acids is 1. The van der Waals surface area contributed by atoms with E-state index in [0.29, 0.717) is 43.7 Å². The predicted molar refractivity (Wildman–Crippen MR) is 104 cm³/mol. The molecule has 3 atom stereocenters. The first-order valence-corrected chi connectivity index (χ1v) is 11.2. The molecule has 1 saturated heterocycles. The molecule has 0 bridgehead atoms. The van der Waals surface area contributed by atoms with Crippen LogP contribution in [0, 0.1) is 18.8 Å². The molecule has 1 heterocycles. The zero-order valence-corrected chi connectivity index (χ0v) is 17.2. The fourth-order valence-corrected chi connectivity index (χ4v) is 5.41. The van der Waals surface area contributed by atoms with Crippen LogP contribution in [-0.2, 0) is 14.8 Å². The molecule has 1 amide bonds. The largest absolute Gasteiger partial charge is 0.379 e. The zero-order chi connectivity index (χ0) is 19.6. The summed E-state index contributed by atoms with van der Waals surface area (Å²) in [7, 11) is -3.61. The highest BCUT2D eigenvalue weighted by Gasteiger charge is 2.30. The van der Waals surface area contributed by atoms with E-state index in [-0.39, 0.29) is 16.8 Å². The van der Waals surface area contributed by atoms with E-state index in [4.69, 9.17) is 4.74 Å². The van der Waals surface area contributed by atoms with Crippen LogP contribution in [0.5, 0.6) is 0 Å². The van der Waals surface area contributed by atoms with Crippen molar-refractivity contribution in [2.24, 2.45) is 11.8 Å². The molecule has 0 aromatic heterocycles. The Kier molecular flexibility index (Phi) is 6.23. The van der Waals surface area contributed by atoms with E-state index in [0.717, 1.165) is 18.4 Å². The molecule has 2 fully saturated rings. The van der Waals surface area contributed by atoms with Crippen LogP contribution in [0.1, 0.15) is 49.0 Å². The Morgan fingerprint density at radius 3 is 2.59 bits per heavy atom. The van der Waals surface area contributed by atoms with Crippen LogP contribution in [0.25, 0.3) is 0 Å².